The molecule has 1 aliphatic heterocycles. The lowest BCUT2D eigenvalue weighted by molar-refractivity contribution is 0.0582. The van der Waals surface area contributed by atoms with Crippen LogP contribution in [0, 0.1) is 6.92 Å². The van der Waals surface area contributed by atoms with Gasteiger partial charge in [0.2, 0.25) is 0 Å². The second-order valence-corrected chi connectivity index (χ2v) is 6.45. The smallest absolute Gasteiger partial charge is 0.253 e. The Bertz CT molecular complexity index is 706. The van der Waals surface area contributed by atoms with Gasteiger partial charge < -0.3 is 10.6 Å². The molecule has 0 radical (unpaired) electrons. The van der Waals surface area contributed by atoms with E-state index in [4.69, 9.17) is 5.73 Å². The fraction of sp³-hybridized carbons (Fsp3) is 0.350. The summed E-state index contributed by atoms with van der Waals surface area (Å²) in [5, 5.41) is 0. The van der Waals surface area contributed by atoms with E-state index in [9.17, 15) is 4.79 Å². The van der Waals surface area contributed by atoms with E-state index in [1.165, 1.54) is 5.56 Å². The van der Waals surface area contributed by atoms with Crippen LogP contribution in [0.2, 0.25) is 0 Å². The number of aryl methyl sites for hydroxylation is 1. The maximum absolute atomic E-state index is 12.5. The third-order valence-electron chi connectivity index (χ3n) is 4.98. The van der Waals surface area contributed by atoms with E-state index in [1.54, 1.807) is 0 Å². The van der Waals surface area contributed by atoms with Crippen LogP contribution in [0.4, 0.5) is 5.69 Å². The van der Waals surface area contributed by atoms with Crippen molar-refractivity contribution < 1.29 is 4.79 Å². The molecule has 0 aliphatic carbocycles. The van der Waals surface area contributed by atoms with Crippen LogP contribution in [-0.2, 0) is 0 Å². The first-order valence-corrected chi connectivity index (χ1v) is 8.51. The van der Waals surface area contributed by atoms with Crippen LogP contribution in [0.25, 0.3) is 0 Å². The predicted molar refractivity (Wildman–Crippen MR) is 97.9 cm³/mol. The summed E-state index contributed by atoms with van der Waals surface area (Å²) in [6, 6.07) is 16.0. The fourth-order valence-electron chi connectivity index (χ4n) is 3.34. The van der Waals surface area contributed by atoms with Gasteiger partial charge in [-0.05, 0) is 37.1 Å². The molecule has 0 spiro atoms. The number of amides is 1. The molecule has 24 heavy (non-hydrogen) atoms. The van der Waals surface area contributed by atoms with Gasteiger partial charge in [-0.3, -0.25) is 9.69 Å². The minimum absolute atomic E-state index is 0.123. The van der Waals surface area contributed by atoms with E-state index >= 15 is 0 Å². The minimum atomic E-state index is 0.123. The third-order valence-corrected chi connectivity index (χ3v) is 4.98. The molecule has 1 saturated heterocycles. The van der Waals surface area contributed by atoms with Crippen molar-refractivity contribution in [3.05, 3.63) is 65.2 Å². The molecule has 1 aliphatic rings. The highest BCUT2D eigenvalue weighted by atomic mass is 16.2. The van der Waals surface area contributed by atoms with Gasteiger partial charge in [0.25, 0.3) is 5.91 Å². The van der Waals surface area contributed by atoms with Crippen molar-refractivity contribution in [2.45, 2.75) is 19.9 Å². The second-order valence-electron chi connectivity index (χ2n) is 6.45. The monoisotopic (exact) mass is 323 g/mol. The molecule has 1 amide bonds. The molecule has 4 nitrogen and oxygen atoms in total. The largest absolute Gasteiger partial charge is 0.398 e. The molecule has 2 aromatic rings. The summed E-state index contributed by atoms with van der Waals surface area (Å²) in [4.78, 5) is 16.9. The standard InChI is InChI=1S/C20H25N3O/c1-15-7-6-10-18(19(15)21)16(2)22-11-13-23(14-12-22)20(24)17-8-4-3-5-9-17/h3-10,16H,11-14,21H2,1-2H3. The van der Waals surface area contributed by atoms with Gasteiger partial charge in [-0.25, -0.2) is 0 Å². The number of nitrogen functional groups attached to an aromatic ring is 1. The zero-order valence-electron chi connectivity index (χ0n) is 14.4. The zero-order valence-corrected chi connectivity index (χ0v) is 14.4. The molecule has 126 valence electrons. The Morgan fingerprint density at radius 3 is 2.33 bits per heavy atom. The van der Waals surface area contributed by atoms with Crippen LogP contribution in [0.3, 0.4) is 0 Å². The van der Waals surface area contributed by atoms with Crippen molar-refractivity contribution in [3.63, 3.8) is 0 Å². The van der Waals surface area contributed by atoms with E-state index in [0.29, 0.717) is 0 Å². The quantitative estimate of drug-likeness (QED) is 0.883. The molecule has 4 heteroatoms. The van der Waals surface area contributed by atoms with E-state index in [-0.39, 0.29) is 11.9 Å². The number of nitrogens with zero attached hydrogens (tertiary/aromatic N) is 2. The topological polar surface area (TPSA) is 49.6 Å². The van der Waals surface area contributed by atoms with Crippen LogP contribution in [0.15, 0.2) is 48.5 Å². The SMILES string of the molecule is Cc1cccc(C(C)N2CCN(C(=O)c3ccccc3)CC2)c1N. The highest BCUT2D eigenvalue weighted by Crippen LogP contribution is 2.28. The molecular weight excluding hydrogens is 298 g/mol. The fourth-order valence-corrected chi connectivity index (χ4v) is 3.34. The molecule has 0 aromatic heterocycles. The highest BCUT2D eigenvalue weighted by molar-refractivity contribution is 5.94. The van der Waals surface area contributed by atoms with Crippen LogP contribution >= 0.6 is 0 Å². The molecular formula is C20H25N3O. The Labute approximate surface area is 143 Å². The van der Waals surface area contributed by atoms with Crippen molar-refractivity contribution in [1.82, 2.24) is 9.80 Å². The normalized spacial score (nSPS) is 16.8. The highest BCUT2D eigenvalue weighted by Gasteiger charge is 2.26. The van der Waals surface area contributed by atoms with Crippen molar-refractivity contribution in [3.8, 4) is 0 Å². The van der Waals surface area contributed by atoms with E-state index in [1.807, 2.05) is 48.2 Å². The van der Waals surface area contributed by atoms with E-state index in [2.05, 4.69) is 24.0 Å². The van der Waals surface area contributed by atoms with Crippen molar-refractivity contribution >= 4 is 11.6 Å². The number of anilines is 1. The van der Waals surface area contributed by atoms with E-state index in [0.717, 1.165) is 43.0 Å². The zero-order chi connectivity index (χ0) is 17.1. The summed E-state index contributed by atoms with van der Waals surface area (Å²) in [6.45, 7) is 7.48. The Balaban J connectivity index is 1.64. The molecule has 0 bridgehead atoms. The molecule has 0 saturated carbocycles. The first kappa shape index (κ1) is 16.5. The van der Waals surface area contributed by atoms with Crippen molar-refractivity contribution in [2.24, 2.45) is 0 Å². The van der Waals surface area contributed by atoms with Gasteiger partial charge in [0.05, 0.1) is 0 Å². The number of nitrogens with two attached hydrogens (primary N) is 1. The van der Waals surface area contributed by atoms with Crippen molar-refractivity contribution in [1.29, 1.82) is 0 Å². The number of rotatable bonds is 3. The average Bonchev–Trinajstić information content (AvgIpc) is 2.64. The Morgan fingerprint density at radius 2 is 1.67 bits per heavy atom. The summed E-state index contributed by atoms with van der Waals surface area (Å²) in [7, 11) is 0. The predicted octanol–water partition coefficient (Wildman–Crippen LogP) is 3.10. The maximum Gasteiger partial charge on any atom is 0.253 e. The van der Waals surface area contributed by atoms with Crippen LogP contribution in [0.5, 0.6) is 0 Å². The molecule has 1 fully saturated rings. The number of para-hydroxylation sites is 1. The number of carbonyl (C=O) groups is 1. The van der Waals surface area contributed by atoms with Crippen molar-refractivity contribution in [2.75, 3.05) is 31.9 Å². The summed E-state index contributed by atoms with van der Waals surface area (Å²) in [5.41, 5.74) is 10.2. The number of benzene rings is 2. The van der Waals surface area contributed by atoms with Gasteiger partial charge in [0.1, 0.15) is 0 Å². The Morgan fingerprint density at radius 1 is 1.00 bits per heavy atom. The van der Waals surface area contributed by atoms with Crippen LogP contribution in [-0.4, -0.2) is 41.9 Å². The summed E-state index contributed by atoms with van der Waals surface area (Å²) in [5.74, 6) is 0.123. The molecule has 3 rings (SSSR count). The number of hydrogen-bond donors (Lipinski definition) is 1. The molecule has 1 heterocycles. The summed E-state index contributed by atoms with van der Waals surface area (Å²) in [6.07, 6.45) is 0. The molecule has 1 unspecified atom stereocenters. The lowest BCUT2D eigenvalue weighted by Gasteiger charge is -2.38. The minimum Gasteiger partial charge on any atom is -0.398 e. The van der Waals surface area contributed by atoms with Crippen LogP contribution < -0.4 is 5.73 Å². The lowest BCUT2D eigenvalue weighted by atomic mass is 10.0. The van der Waals surface area contributed by atoms with Gasteiger partial charge >= 0.3 is 0 Å². The van der Waals surface area contributed by atoms with Gasteiger partial charge in [0, 0.05) is 43.5 Å². The maximum atomic E-state index is 12.5. The number of piperazine rings is 1. The average molecular weight is 323 g/mol. The van der Waals surface area contributed by atoms with Gasteiger partial charge in [-0.2, -0.15) is 0 Å². The Hall–Kier alpha value is -2.33. The number of carbonyl (C=O) groups excluding carboxylic acids is 1. The first-order chi connectivity index (χ1) is 11.6. The molecule has 2 N–H and O–H groups in total. The first-order valence-electron chi connectivity index (χ1n) is 8.51. The third kappa shape index (κ3) is 3.29. The molecule has 1 atom stereocenters. The molecule has 2 aromatic carbocycles. The number of hydrogen-bond acceptors (Lipinski definition) is 3. The summed E-state index contributed by atoms with van der Waals surface area (Å²) < 4.78 is 0. The van der Waals surface area contributed by atoms with Gasteiger partial charge in [0.15, 0.2) is 0 Å². The Kier molecular flexibility index (Phi) is 4.86. The second kappa shape index (κ2) is 7.05. The van der Waals surface area contributed by atoms with Gasteiger partial charge in [-0.15, -0.1) is 0 Å². The van der Waals surface area contributed by atoms with Gasteiger partial charge in [-0.1, -0.05) is 36.4 Å². The lowest BCUT2D eigenvalue weighted by Crippen LogP contribution is -2.49. The summed E-state index contributed by atoms with van der Waals surface area (Å²) >= 11 is 0. The van der Waals surface area contributed by atoms with Crippen LogP contribution in [0.1, 0.15) is 34.5 Å². The van der Waals surface area contributed by atoms with E-state index < -0.39 is 0 Å².